The fourth-order valence-corrected chi connectivity index (χ4v) is 2.68. The van der Waals surface area contributed by atoms with Gasteiger partial charge in [0.25, 0.3) is 0 Å². The zero-order valence-corrected chi connectivity index (χ0v) is 10.7. The number of hydrogen-bond donors (Lipinski definition) is 0. The molecule has 0 saturated heterocycles. The van der Waals surface area contributed by atoms with Gasteiger partial charge in [0.15, 0.2) is 0 Å². The normalized spacial score (nSPS) is 22.4. The molecular weight excluding hydrogens is 212 g/mol. The summed E-state index contributed by atoms with van der Waals surface area (Å²) in [5.41, 5.74) is 2.76. The Morgan fingerprint density at radius 1 is 1.18 bits per heavy atom. The number of allylic oxidation sites excluding steroid dienone is 3. The summed E-state index contributed by atoms with van der Waals surface area (Å²) >= 11 is 0. The lowest BCUT2D eigenvalue weighted by molar-refractivity contribution is -0.142. The minimum absolute atomic E-state index is 0.164. The Morgan fingerprint density at radius 2 is 1.88 bits per heavy atom. The first-order valence-corrected chi connectivity index (χ1v) is 6.83. The van der Waals surface area contributed by atoms with Gasteiger partial charge in [-0.1, -0.05) is 11.6 Å². The van der Waals surface area contributed by atoms with Crippen LogP contribution in [-0.4, -0.2) is 12.1 Å². The molecule has 17 heavy (non-hydrogen) atoms. The highest BCUT2D eigenvalue weighted by Crippen LogP contribution is 2.25. The lowest BCUT2D eigenvalue weighted by Crippen LogP contribution is -2.12. The van der Waals surface area contributed by atoms with Gasteiger partial charge >= 0.3 is 5.97 Å². The predicted octanol–water partition coefficient (Wildman–Crippen LogP) is 3.92. The predicted molar refractivity (Wildman–Crippen MR) is 68.7 cm³/mol. The van der Waals surface area contributed by atoms with Gasteiger partial charge in [0, 0.05) is 6.08 Å². The fourth-order valence-electron chi connectivity index (χ4n) is 2.68. The van der Waals surface area contributed by atoms with E-state index in [1.54, 1.807) is 6.08 Å². The number of ether oxygens (including phenoxy) is 1. The van der Waals surface area contributed by atoms with Crippen LogP contribution in [0.5, 0.6) is 0 Å². The van der Waals surface area contributed by atoms with Crippen molar-refractivity contribution in [2.45, 2.75) is 64.4 Å². The quantitative estimate of drug-likeness (QED) is 0.546. The van der Waals surface area contributed by atoms with Crippen LogP contribution < -0.4 is 0 Å². The molecule has 2 rings (SSSR count). The molecule has 1 fully saturated rings. The standard InChI is InChI=1S/C15H22O2/c1-12-6-2-3-7-13(12)10-11-15(16)17-14-8-4-5-9-14/h10-11,14H,2-9H2,1H3. The molecule has 0 aromatic heterocycles. The van der Waals surface area contributed by atoms with E-state index in [-0.39, 0.29) is 12.1 Å². The first-order chi connectivity index (χ1) is 8.25. The van der Waals surface area contributed by atoms with E-state index in [1.807, 2.05) is 6.08 Å². The maximum Gasteiger partial charge on any atom is 0.331 e. The molecule has 0 N–H and O–H groups in total. The van der Waals surface area contributed by atoms with E-state index in [0.29, 0.717) is 0 Å². The number of hydrogen-bond acceptors (Lipinski definition) is 2. The van der Waals surface area contributed by atoms with Crippen LogP contribution in [0.25, 0.3) is 0 Å². The summed E-state index contributed by atoms with van der Waals surface area (Å²) in [4.78, 5) is 11.6. The highest BCUT2D eigenvalue weighted by molar-refractivity contribution is 5.82. The molecule has 2 heteroatoms. The lowest BCUT2D eigenvalue weighted by atomic mass is 9.92. The molecule has 0 atom stereocenters. The third kappa shape index (κ3) is 3.72. The topological polar surface area (TPSA) is 26.3 Å². The summed E-state index contributed by atoms with van der Waals surface area (Å²) in [7, 11) is 0. The van der Waals surface area contributed by atoms with Gasteiger partial charge < -0.3 is 4.74 Å². The van der Waals surface area contributed by atoms with Gasteiger partial charge in [-0.2, -0.15) is 0 Å². The molecular formula is C15H22O2. The molecule has 0 aromatic rings. The highest BCUT2D eigenvalue weighted by Gasteiger charge is 2.17. The van der Waals surface area contributed by atoms with Crippen molar-refractivity contribution < 1.29 is 9.53 Å². The van der Waals surface area contributed by atoms with Gasteiger partial charge in [0.1, 0.15) is 6.10 Å². The van der Waals surface area contributed by atoms with Crippen molar-refractivity contribution in [3.8, 4) is 0 Å². The van der Waals surface area contributed by atoms with Crippen LogP contribution >= 0.6 is 0 Å². The van der Waals surface area contributed by atoms with Crippen molar-refractivity contribution in [1.82, 2.24) is 0 Å². The van der Waals surface area contributed by atoms with Crippen LogP contribution in [0.4, 0.5) is 0 Å². The van der Waals surface area contributed by atoms with E-state index < -0.39 is 0 Å². The second kappa shape index (κ2) is 6.04. The summed E-state index contributed by atoms with van der Waals surface area (Å²) < 4.78 is 5.39. The number of esters is 1. The molecule has 0 aromatic carbocycles. The third-order valence-electron chi connectivity index (χ3n) is 3.80. The Labute approximate surface area is 104 Å². The smallest absolute Gasteiger partial charge is 0.331 e. The van der Waals surface area contributed by atoms with Crippen LogP contribution in [-0.2, 0) is 9.53 Å². The number of carbonyl (C=O) groups excluding carboxylic acids is 1. The van der Waals surface area contributed by atoms with Gasteiger partial charge in [0.2, 0.25) is 0 Å². The zero-order valence-electron chi connectivity index (χ0n) is 10.7. The Bertz CT molecular complexity index is 333. The van der Waals surface area contributed by atoms with E-state index >= 15 is 0 Å². The summed E-state index contributed by atoms with van der Waals surface area (Å²) in [6.45, 7) is 2.17. The van der Waals surface area contributed by atoms with Gasteiger partial charge in [-0.05, 0) is 63.9 Å². The summed E-state index contributed by atoms with van der Waals surface area (Å²) in [6, 6.07) is 0. The molecule has 0 bridgehead atoms. The molecule has 0 spiro atoms. The van der Waals surface area contributed by atoms with Crippen LogP contribution in [0, 0.1) is 0 Å². The van der Waals surface area contributed by atoms with Crippen LogP contribution in [0.1, 0.15) is 58.3 Å². The third-order valence-corrected chi connectivity index (χ3v) is 3.80. The molecule has 0 unspecified atom stereocenters. The molecule has 0 radical (unpaired) electrons. The van der Waals surface area contributed by atoms with E-state index in [0.717, 1.165) is 19.3 Å². The molecule has 94 valence electrons. The van der Waals surface area contributed by atoms with Crippen LogP contribution in [0.15, 0.2) is 23.3 Å². The molecule has 2 aliphatic rings. The summed E-state index contributed by atoms with van der Waals surface area (Å²) in [5, 5.41) is 0. The second-order valence-corrected chi connectivity index (χ2v) is 5.19. The first-order valence-electron chi connectivity index (χ1n) is 6.83. The van der Waals surface area contributed by atoms with Crippen LogP contribution in [0.2, 0.25) is 0 Å². The van der Waals surface area contributed by atoms with Gasteiger partial charge in [0.05, 0.1) is 0 Å². The van der Waals surface area contributed by atoms with Crippen molar-refractivity contribution in [2.75, 3.05) is 0 Å². The average Bonchev–Trinajstić information content (AvgIpc) is 2.81. The molecule has 0 aliphatic heterocycles. The average molecular weight is 234 g/mol. The van der Waals surface area contributed by atoms with Crippen molar-refractivity contribution in [3.05, 3.63) is 23.3 Å². The zero-order chi connectivity index (χ0) is 12.1. The molecule has 1 saturated carbocycles. The van der Waals surface area contributed by atoms with Crippen molar-refractivity contribution in [1.29, 1.82) is 0 Å². The summed E-state index contributed by atoms with van der Waals surface area (Å²) in [6.07, 6.45) is 13.1. The molecule has 0 heterocycles. The van der Waals surface area contributed by atoms with E-state index in [1.165, 1.54) is 43.3 Å². The Balaban J connectivity index is 1.84. The Hall–Kier alpha value is -1.05. The largest absolute Gasteiger partial charge is 0.459 e. The van der Waals surface area contributed by atoms with E-state index in [2.05, 4.69) is 6.92 Å². The highest BCUT2D eigenvalue weighted by atomic mass is 16.5. The minimum atomic E-state index is -0.164. The van der Waals surface area contributed by atoms with Crippen molar-refractivity contribution >= 4 is 5.97 Å². The molecule has 2 nitrogen and oxygen atoms in total. The fraction of sp³-hybridized carbons (Fsp3) is 0.667. The monoisotopic (exact) mass is 234 g/mol. The SMILES string of the molecule is CC1=C(C=CC(=O)OC2CCCC2)CCCC1. The number of rotatable bonds is 3. The lowest BCUT2D eigenvalue weighted by Gasteiger charge is -2.14. The molecule has 2 aliphatic carbocycles. The number of carbonyl (C=O) groups is 1. The van der Waals surface area contributed by atoms with E-state index in [4.69, 9.17) is 4.74 Å². The van der Waals surface area contributed by atoms with Crippen molar-refractivity contribution in [3.63, 3.8) is 0 Å². The molecule has 0 amide bonds. The van der Waals surface area contributed by atoms with Crippen molar-refractivity contribution in [2.24, 2.45) is 0 Å². The van der Waals surface area contributed by atoms with E-state index in [9.17, 15) is 4.79 Å². The van der Waals surface area contributed by atoms with Gasteiger partial charge in [-0.15, -0.1) is 0 Å². The van der Waals surface area contributed by atoms with Crippen LogP contribution in [0.3, 0.4) is 0 Å². The van der Waals surface area contributed by atoms with Gasteiger partial charge in [-0.3, -0.25) is 0 Å². The maximum absolute atomic E-state index is 11.6. The Morgan fingerprint density at radius 3 is 2.59 bits per heavy atom. The van der Waals surface area contributed by atoms with Gasteiger partial charge in [-0.25, -0.2) is 4.79 Å². The Kier molecular flexibility index (Phi) is 4.41. The maximum atomic E-state index is 11.6. The summed E-state index contributed by atoms with van der Waals surface area (Å²) in [5.74, 6) is -0.164. The second-order valence-electron chi connectivity index (χ2n) is 5.19. The minimum Gasteiger partial charge on any atom is -0.459 e. The first kappa shape index (κ1) is 12.4.